The molecule has 5 nitrogen and oxygen atoms in total. The number of nitrogens with one attached hydrogen (secondary N) is 1. The minimum absolute atomic E-state index is 0.0434. The van der Waals surface area contributed by atoms with Crippen molar-refractivity contribution in [3.05, 3.63) is 22.8 Å². The van der Waals surface area contributed by atoms with Gasteiger partial charge in [0.15, 0.2) is 0 Å². The van der Waals surface area contributed by atoms with Crippen LogP contribution in [-0.2, 0) is 0 Å². The highest BCUT2D eigenvalue weighted by Gasteiger charge is 2.28. The summed E-state index contributed by atoms with van der Waals surface area (Å²) in [6.07, 6.45) is 2.75. The lowest BCUT2D eigenvalue weighted by Gasteiger charge is -2.34. The van der Waals surface area contributed by atoms with Crippen LogP contribution in [0.4, 0.5) is 5.82 Å². The van der Waals surface area contributed by atoms with Gasteiger partial charge in [0.05, 0.1) is 0 Å². The van der Waals surface area contributed by atoms with E-state index in [1.165, 1.54) is 19.4 Å². The molecule has 0 spiro atoms. The van der Waals surface area contributed by atoms with Gasteiger partial charge < -0.3 is 10.2 Å². The number of piperazine rings is 1. The van der Waals surface area contributed by atoms with Crippen LogP contribution >= 0.6 is 11.6 Å². The van der Waals surface area contributed by atoms with Gasteiger partial charge in [0.1, 0.15) is 11.0 Å². The molecule has 114 valence electrons. The maximum absolute atomic E-state index is 12.6. The van der Waals surface area contributed by atoms with Crippen molar-refractivity contribution in [2.75, 3.05) is 45.1 Å². The van der Waals surface area contributed by atoms with Crippen LogP contribution in [0.25, 0.3) is 0 Å². The molecule has 0 unspecified atom stereocenters. The fraction of sp³-hybridized carbons (Fsp3) is 0.600. The molecule has 6 heteroatoms. The Kier molecular flexibility index (Phi) is 4.31. The molecule has 1 saturated carbocycles. The average Bonchev–Trinajstić information content (AvgIpc) is 3.30. The van der Waals surface area contributed by atoms with Crippen molar-refractivity contribution < 1.29 is 4.79 Å². The van der Waals surface area contributed by atoms with E-state index in [2.05, 4.69) is 15.2 Å². The summed E-state index contributed by atoms with van der Waals surface area (Å²) < 4.78 is 0. The Morgan fingerprint density at radius 2 is 2.05 bits per heavy atom. The lowest BCUT2D eigenvalue weighted by Crippen LogP contribution is -2.49. The van der Waals surface area contributed by atoms with Gasteiger partial charge in [-0.05, 0) is 30.9 Å². The van der Waals surface area contributed by atoms with E-state index in [1.54, 1.807) is 19.2 Å². The number of pyridine rings is 1. The van der Waals surface area contributed by atoms with E-state index in [9.17, 15) is 4.79 Å². The first-order valence-electron chi connectivity index (χ1n) is 7.52. The van der Waals surface area contributed by atoms with Crippen molar-refractivity contribution in [1.82, 2.24) is 14.8 Å². The van der Waals surface area contributed by atoms with Gasteiger partial charge in [-0.15, -0.1) is 0 Å². The zero-order chi connectivity index (χ0) is 14.8. The number of hydrogen-bond acceptors (Lipinski definition) is 4. The van der Waals surface area contributed by atoms with Crippen molar-refractivity contribution in [2.45, 2.75) is 12.8 Å². The van der Waals surface area contributed by atoms with Crippen LogP contribution in [-0.4, -0.2) is 60.5 Å². The first-order chi connectivity index (χ1) is 10.2. The normalized spacial score (nSPS) is 19.6. The quantitative estimate of drug-likeness (QED) is 0.864. The van der Waals surface area contributed by atoms with Crippen LogP contribution in [0.2, 0.25) is 5.15 Å². The van der Waals surface area contributed by atoms with E-state index in [0.717, 1.165) is 32.1 Å². The summed E-state index contributed by atoms with van der Waals surface area (Å²) in [6, 6.07) is 3.39. The van der Waals surface area contributed by atoms with Crippen LogP contribution in [0.3, 0.4) is 0 Å². The molecule has 1 aromatic heterocycles. The van der Waals surface area contributed by atoms with E-state index >= 15 is 0 Å². The number of carbonyl (C=O) groups is 1. The smallest absolute Gasteiger partial charge is 0.254 e. The average molecular weight is 309 g/mol. The van der Waals surface area contributed by atoms with E-state index in [-0.39, 0.29) is 5.91 Å². The summed E-state index contributed by atoms with van der Waals surface area (Å²) >= 11 is 5.97. The van der Waals surface area contributed by atoms with Crippen molar-refractivity contribution in [2.24, 2.45) is 5.92 Å². The molecule has 1 aliphatic heterocycles. The van der Waals surface area contributed by atoms with Gasteiger partial charge in [-0.3, -0.25) is 9.69 Å². The number of nitrogens with zero attached hydrogens (tertiary/aromatic N) is 3. The van der Waals surface area contributed by atoms with Gasteiger partial charge >= 0.3 is 0 Å². The Morgan fingerprint density at radius 3 is 2.67 bits per heavy atom. The summed E-state index contributed by atoms with van der Waals surface area (Å²) in [5, 5.41) is 3.27. The standard InChI is InChI=1S/C15H21ClN4O/c1-17-14-9-12(8-13(16)18-14)15(21)20-6-4-19(5-7-20)10-11-2-3-11/h8-9,11H,2-7,10H2,1H3,(H,17,18). The molecule has 21 heavy (non-hydrogen) atoms. The maximum Gasteiger partial charge on any atom is 0.254 e. The van der Waals surface area contributed by atoms with Crippen LogP contribution in [0.15, 0.2) is 12.1 Å². The lowest BCUT2D eigenvalue weighted by atomic mass is 10.2. The second-order valence-corrected chi connectivity index (χ2v) is 6.24. The predicted molar refractivity (Wildman–Crippen MR) is 83.9 cm³/mol. The van der Waals surface area contributed by atoms with Gasteiger partial charge in [0, 0.05) is 45.3 Å². The lowest BCUT2D eigenvalue weighted by molar-refractivity contribution is 0.0632. The highest BCUT2D eigenvalue weighted by atomic mass is 35.5. The SMILES string of the molecule is CNc1cc(C(=O)N2CCN(CC3CC3)CC2)cc(Cl)n1. The molecule has 0 bridgehead atoms. The summed E-state index contributed by atoms with van der Waals surface area (Å²) in [4.78, 5) is 21.0. The third-order valence-electron chi connectivity index (χ3n) is 4.17. The van der Waals surface area contributed by atoms with Gasteiger partial charge in [-0.1, -0.05) is 11.6 Å². The van der Waals surface area contributed by atoms with E-state index < -0.39 is 0 Å². The largest absolute Gasteiger partial charge is 0.373 e. The summed E-state index contributed by atoms with van der Waals surface area (Å²) in [7, 11) is 1.77. The first kappa shape index (κ1) is 14.6. The number of aromatic nitrogens is 1. The Balaban J connectivity index is 1.61. The first-order valence-corrected chi connectivity index (χ1v) is 7.90. The van der Waals surface area contributed by atoms with E-state index in [0.29, 0.717) is 16.5 Å². The van der Waals surface area contributed by atoms with Gasteiger partial charge in [-0.25, -0.2) is 4.98 Å². The maximum atomic E-state index is 12.6. The van der Waals surface area contributed by atoms with Crippen molar-refractivity contribution >= 4 is 23.3 Å². The number of amides is 1. The van der Waals surface area contributed by atoms with Gasteiger partial charge in [0.25, 0.3) is 5.91 Å². The van der Waals surface area contributed by atoms with E-state index in [4.69, 9.17) is 11.6 Å². The molecule has 3 rings (SSSR count). The fourth-order valence-electron chi connectivity index (χ4n) is 2.73. The van der Waals surface area contributed by atoms with Crippen molar-refractivity contribution in [3.8, 4) is 0 Å². The molecule has 1 aliphatic carbocycles. The third kappa shape index (κ3) is 3.66. The molecular weight excluding hydrogens is 288 g/mol. The molecule has 1 amide bonds. The summed E-state index contributed by atoms with van der Waals surface area (Å²) in [5.41, 5.74) is 0.606. The molecule has 1 saturated heterocycles. The Labute approximate surface area is 130 Å². The number of halogens is 1. The number of rotatable bonds is 4. The molecule has 0 atom stereocenters. The summed E-state index contributed by atoms with van der Waals surface area (Å²) in [5.74, 6) is 1.57. The molecule has 1 N–H and O–H groups in total. The van der Waals surface area contributed by atoms with Gasteiger partial charge in [-0.2, -0.15) is 0 Å². The van der Waals surface area contributed by atoms with Crippen LogP contribution < -0.4 is 5.32 Å². The second-order valence-electron chi connectivity index (χ2n) is 5.85. The van der Waals surface area contributed by atoms with Crippen molar-refractivity contribution in [1.29, 1.82) is 0 Å². The molecular formula is C15H21ClN4O. The molecule has 2 fully saturated rings. The Hall–Kier alpha value is -1.33. The highest BCUT2D eigenvalue weighted by molar-refractivity contribution is 6.29. The zero-order valence-electron chi connectivity index (χ0n) is 12.3. The van der Waals surface area contributed by atoms with Crippen LogP contribution in [0, 0.1) is 5.92 Å². The van der Waals surface area contributed by atoms with Crippen molar-refractivity contribution in [3.63, 3.8) is 0 Å². The Morgan fingerprint density at radius 1 is 1.33 bits per heavy atom. The highest BCUT2D eigenvalue weighted by Crippen LogP contribution is 2.30. The monoisotopic (exact) mass is 308 g/mol. The zero-order valence-corrected chi connectivity index (χ0v) is 13.1. The number of hydrogen-bond donors (Lipinski definition) is 1. The van der Waals surface area contributed by atoms with Crippen LogP contribution in [0.5, 0.6) is 0 Å². The Bertz CT molecular complexity index is 524. The number of anilines is 1. The molecule has 2 heterocycles. The fourth-order valence-corrected chi connectivity index (χ4v) is 2.94. The number of carbonyl (C=O) groups excluding carboxylic acids is 1. The topological polar surface area (TPSA) is 48.5 Å². The van der Waals surface area contributed by atoms with E-state index in [1.807, 2.05) is 4.90 Å². The second kappa shape index (κ2) is 6.20. The third-order valence-corrected chi connectivity index (χ3v) is 4.36. The predicted octanol–water partition coefficient (Wildman–Crippen LogP) is 1.94. The molecule has 1 aromatic rings. The van der Waals surface area contributed by atoms with Gasteiger partial charge in [0.2, 0.25) is 0 Å². The summed E-state index contributed by atoms with van der Waals surface area (Å²) in [6.45, 7) is 4.73. The molecule has 2 aliphatic rings. The molecule has 0 radical (unpaired) electrons. The van der Waals surface area contributed by atoms with Crippen LogP contribution in [0.1, 0.15) is 23.2 Å². The molecule has 0 aromatic carbocycles. The minimum atomic E-state index is 0.0434. The minimum Gasteiger partial charge on any atom is -0.373 e.